The highest BCUT2D eigenvalue weighted by Crippen LogP contribution is 2.26. The van der Waals surface area contributed by atoms with E-state index in [1.54, 1.807) is 13.1 Å². The third-order valence-corrected chi connectivity index (χ3v) is 6.43. The van der Waals surface area contributed by atoms with Crippen molar-refractivity contribution in [1.82, 2.24) is 20.2 Å². The number of carbonyl (C=O) groups is 1. The lowest BCUT2D eigenvalue weighted by Gasteiger charge is -2.36. The van der Waals surface area contributed by atoms with Crippen molar-refractivity contribution in [2.45, 2.75) is 26.7 Å². The number of nitrogens with zero attached hydrogens (tertiary/aromatic N) is 3. The Morgan fingerprint density at radius 3 is 2.66 bits per heavy atom. The summed E-state index contributed by atoms with van der Waals surface area (Å²) in [6.45, 7) is 7.37. The molecule has 0 unspecified atom stereocenters. The Morgan fingerprint density at radius 1 is 1.12 bits per heavy atom. The molecule has 2 aromatic heterocycles. The zero-order valence-electron chi connectivity index (χ0n) is 18.4. The van der Waals surface area contributed by atoms with Crippen LogP contribution >= 0.6 is 0 Å². The smallest absolute Gasteiger partial charge is 0.269 e. The van der Waals surface area contributed by atoms with Gasteiger partial charge in [-0.3, -0.25) is 14.5 Å². The van der Waals surface area contributed by atoms with Crippen molar-refractivity contribution in [1.29, 1.82) is 0 Å². The molecular formula is C24H27N5O3. The third kappa shape index (κ3) is 3.76. The number of aromatic amines is 1. The van der Waals surface area contributed by atoms with Gasteiger partial charge in [-0.25, -0.2) is 4.98 Å². The Hall–Kier alpha value is -3.23. The van der Waals surface area contributed by atoms with Crippen LogP contribution in [0.5, 0.6) is 0 Å². The second-order valence-electron chi connectivity index (χ2n) is 8.43. The molecule has 8 nitrogen and oxygen atoms in total. The normalized spacial score (nSPS) is 16.4. The van der Waals surface area contributed by atoms with Crippen LogP contribution in [0, 0.1) is 6.92 Å². The quantitative estimate of drug-likeness (QED) is 0.654. The van der Waals surface area contributed by atoms with Gasteiger partial charge in [-0.2, -0.15) is 0 Å². The summed E-state index contributed by atoms with van der Waals surface area (Å²) >= 11 is 0. The predicted octanol–water partition coefficient (Wildman–Crippen LogP) is 1.94. The number of ether oxygens (including phenoxy) is 1. The van der Waals surface area contributed by atoms with Gasteiger partial charge in [0.1, 0.15) is 5.69 Å². The van der Waals surface area contributed by atoms with E-state index in [1.807, 2.05) is 13.0 Å². The molecule has 2 aliphatic rings. The average molecular weight is 434 g/mol. The standard InChI is InChI=1S/C24H27N5O3/c1-15-22(6-5-20(26-15)24(31)25-2)29-9-7-28(8-10-29)12-16-3-4-17-18-13-32-14-19(18)23(30)27-21(17)11-16/h3-6,11H,7-10,12-14H2,1-2H3,(H,25,31)(H,27,30). The molecule has 0 bridgehead atoms. The molecule has 166 valence electrons. The van der Waals surface area contributed by atoms with Gasteiger partial charge >= 0.3 is 0 Å². The van der Waals surface area contributed by atoms with Crippen LogP contribution < -0.4 is 15.8 Å². The van der Waals surface area contributed by atoms with Crippen LogP contribution in [0.4, 0.5) is 5.69 Å². The van der Waals surface area contributed by atoms with Gasteiger partial charge in [0.25, 0.3) is 11.5 Å². The van der Waals surface area contributed by atoms with Gasteiger partial charge in [0, 0.05) is 56.2 Å². The monoisotopic (exact) mass is 433 g/mol. The van der Waals surface area contributed by atoms with Gasteiger partial charge in [0.05, 0.1) is 24.6 Å². The van der Waals surface area contributed by atoms with E-state index < -0.39 is 0 Å². The third-order valence-electron chi connectivity index (χ3n) is 6.43. The molecule has 3 aromatic rings. The molecule has 2 N–H and O–H groups in total. The maximum Gasteiger partial charge on any atom is 0.269 e. The zero-order valence-corrected chi connectivity index (χ0v) is 18.4. The lowest BCUT2D eigenvalue weighted by Crippen LogP contribution is -2.46. The largest absolute Gasteiger partial charge is 0.372 e. The number of amides is 1. The van der Waals surface area contributed by atoms with Gasteiger partial charge in [-0.05, 0) is 36.2 Å². The number of rotatable bonds is 4. The molecular weight excluding hydrogens is 406 g/mol. The Morgan fingerprint density at radius 2 is 1.91 bits per heavy atom. The number of benzene rings is 1. The Labute approximate surface area is 186 Å². The molecule has 32 heavy (non-hydrogen) atoms. The minimum atomic E-state index is -0.168. The van der Waals surface area contributed by atoms with Crippen LogP contribution in [0.2, 0.25) is 0 Å². The highest BCUT2D eigenvalue weighted by atomic mass is 16.5. The molecule has 1 amide bonds. The lowest BCUT2D eigenvalue weighted by atomic mass is 10.0. The number of anilines is 1. The van der Waals surface area contributed by atoms with Gasteiger partial charge in [-0.15, -0.1) is 0 Å². The van der Waals surface area contributed by atoms with E-state index in [0.29, 0.717) is 18.9 Å². The van der Waals surface area contributed by atoms with Crippen LogP contribution in [-0.2, 0) is 24.5 Å². The lowest BCUT2D eigenvalue weighted by molar-refractivity contribution is 0.0958. The number of hydrogen-bond donors (Lipinski definition) is 2. The molecule has 5 rings (SSSR count). The number of H-pyrrole nitrogens is 1. The zero-order chi connectivity index (χ0) is 22.2. The van der Waals surface area contributed by atoms with Crippen LogP contribution in [0.25, 0.3) is 10.9 Å². The summed E-state index contributed by atoms with van der Waals surface area (Å²) in [5, 5.41) is 3.69. The maximum atomic E-state index is 12.3. The molecule has 4 heterocycles. The summed E-state index contributed by atoms with van der Waals surface area (Å²) in [6, 6.07) is 10.1. The molecule has 0 atom stereocenters. The number of nitrogens with one attached hydrogen (secondary N) is 2. The van der Waals surface area contributed by atoms with Crippen molar-refractivity contribution in [3.8, 4) is 0 Å². The van der Waals surface area contributed by atoms with Crippen LogP contribution in [0.3, 0.4) is 0 Å². The van der Waals surface area contributed by atoms with Crippen molar-refractivity contribution in [2.24, 2.45) is 0 Å². The summed E-state index contributed by atoms with van der Waals surface area (Å²) in [7, 11) is 1.61. The van der Waals surface area contributed by atoms with Crippen LogP contribution in [0.1, 0.15) is 32.9 Å². The summed E-state index contributed by atoms with van der Waals surface area (Å²) < 4.78 is 5.48. The van der Waals surface area contributed by atoms with E-state index in [9.17, 15) is 9.59 Å². The topological polar surface area (TPSA) is 90.6 Å². The number of piperazine rings is 1. The fraction of sp³-hybridized carbons (Fsp3) is 0.375. The first-order valence-electron chi connectivity index (χ1n) is 10.9. The summed E-state index contributed by atoms with van der Waals surface area (Å²) in [6.07, 6.45) is 0. The van der Waals surface area contributed by atoms with Crippen molar-refractivity contribution in [3.63, 3.8) is 0 Å². The second kappa shape index (κ2) is 8.37. The van der Waals surface area contributed by atoms with E-state index in [-0.39, 0.29) is 11.5 Å². The molecule has 1 fully saturated rings. The van der Waals surface area contributed by atoms with Crippen molar-refractivity contribution < 1.29 is 9.53 Å². The first kappa shape index (κ1) is 20.7. The molecule has 8 heteroatoms. The summed E-state index contributed by atoms with van der Waals surface area (Å²) in [4.78, 5) is 36.4. The Bertz CT molecular complexity index is 1240. The fourth-order valence-corrected chi connectivity index (χ4v) is 4.67. The number of hydrogen-bond acceptors (Lipinski definition) is 6. The molecule has 0 radical (unpaired) electrons. The fourth-order valence-electron chi connectivity index (χ4n) is 4.67. The van der Waals surface area contributed by atoms with Gasteiger partial charge in [0.2, 0.25) is 0 Å². The van der Waals surface area contributed by atoms with Crippen molar-refractivity contribution >= 4 is 22.5 Å². The molecule has 0 aliphatic carbocycles. The predicted molar refractivity (Wildman–Crippen MR) is 123 cm³/mol. The Balaban J connectivity index is 1.26. The average Bonchev–Trinajstić information content (AvgIpc) is 3.30. The maximum absolute atomic E-state index is 12.3. The van der Waals surface area contributed by atoms with E-state index in [0.717, 1.165) is 66.1 Å². The van der Waals surface area contributed by atoms with Crippen LogP contribution in [-0.4, -0.2) is 54.0 Å². The number of pyridine rings is 2. The highest BCUT2D eigenvalue weighted by Gasteiger charge is 2.21. The van der Waals surface area contributed by atoms with Gasteiger partial charge in [-0.1, -0.05) is 12.1 Å². The Kier molecular flexibility index (Phi) is 5.40. The molecule has 2 aliphatic heterocycles. The first-order valence-corrected chi connectivity index (χ1v) is 10.9. The number of fused-ring (bicyclic) bond motifs is 3. The van der Waals surface area contributed by atoms with Crippen LogP contribution in [0.15, 0.2) is 35.1 Å². The minimum Gasteiger partial charge on any atom is -0.372 e. The molecule has 0 saturated carbocycles. The summed E-state index contributed by atoms with van der Waals surface area (Å²) in [5.74, 6) is -0.168. The van der Waals surface area contributed by atoms with Crippen molar-refractivity contribution in [3.05, 3.63) is 68.8 Å². The highest BCUT2D eigenvalue weighted by molar-refractivity contribution is 5.92. The SMILES string of the molecule is CNC(=O)c1ccc(N2CCN(Cc3ccc4c5c(c(=O)[nH]c4c3)COC5)CC2)c(C)n1. The van der Waals surface area contributed by atoms with E-state index in [4.69, 9.17) is 4.74 Å². The number of carbonyl (C=O) groups excluding carboxylic acids is 1. The summed E-state index contributed by atoms with van der Waals surface area (Å²) in [5.41, 5.74) is 6.21. The first-order chi connectivity index (χ1) is 15.5. The molecule has 1 aromatic carbocycles. The minimum absolute atomic E-state index is 0.0396. The van der Waals surface area contributed by atoms with E-state index in [1.165, 1.54) is 5.56 Å². The number of aryl methyl sites for hydroxylation is 1. The van der Waals surface area contributed by atoms with E-state index >= 15 is 0 Å². The molecule has 0 spiro atoms. The molecule has 1 saturated heterocycles. The van der Waals surface area contributed by atoms with Gasteiger partial charge in [0.15, 0.2) is 0 Å². The number of aromatic nitrogens is 2. The van der Waals surface area contributed by atoms with Crippen molar-refractivity contribution in [2.75, 3.05) is 38.1 Å². The van der Waals surface area contributed by atoms with E-state index in [2.05, 4.69) is 43.3 Å². The van der Waals surface area contributed by atoms with Gasteiger partial charge < -0.3 is 19.9 Å². The second-order valence-corrected chi connectivity index (χ2v) is 8.43.